The molecule has 1 heterocycles. The maximum Gasteiger partial charge on any atom is 0.326 e. The molecular weight excluding hydrogens is 232 g/mol. The largest absolute Gasteiger partial charge is 0.326 e. The topological polar surface area (TPSA) is 37.8 Å². The number of benzene rings is 1. The maximum absolute atomic E-state index is 11.7. The van der Waals surface area contributed by atoms with E-state index < -0.39 is 0 Å². The Hall–Kier alpha value is -1.68. The Morgan fingerprint density at radius 3 is 2.65 bits per heavy atom. The third kappa shape index (κ3) is 2.22. The number of rotatable bonds is 1. The van der Waals surface area contributed by atoms with Crippen molar-refractivity contribution in [3.05, 3.63) is 50.5 Å². The van der Waals surface area contributed by atoms with Crippen molar-refractivity contribution in [2.24, 2.45) is 7.05 Å². The molecule has 2 rings (SSSR count). The Morgan fingerprint density at radius 2 is 1.94 bits per heavy atom. The molecule has 0 atom stereocenters. The van der Waals surface area contributed by atoms with Gasteiger partial charge in [-0.3, -0.25) is 9.55 Å². The molecule has 0 saturated heterocycles. The minimum Gasteiger partial charge on any atom is -0.298 e. The lowest BCUT2D eigenvalue weighted by Crippen LogP contribution is -2.21. The number of nitrogens with zero attached hydrogens (tertiary/aromatic N) is 1. The predicted molar refractivity (Wildman–Crippen MR) is 71.8 cm³/mol. The van der Waals surface area contributed by atoms with Gasteiger partial charge in [0.15, 0.2) is 0 Å². The highest BCUT2D eigenvalue weighted by atomic mass is 32.1. The van der Waals surface area contributed by atoms with E-state index in [0.717, 1.165) is 22.4 Å². The smallest absolute Gasteiger partial charge is 0.298 e. The molecule has 1 N–H and O–H groups in total. The molecule has 4 heteroatoms. The first-order valence-electron chi connectivity index (χ1n) is 5.37. The molecule has 0 aliphatic carbocycles. The molecule has 0 saturated carbocycles. The van der Waals surface area contributed by atoms with Gasteiger partial charge in [0.25, 0.3) is 0 Å². The van der Waals surface area contributed by atoms with Crippen molar-refractivity contribution in [3.8, 4) is 11.3 Å². The Bertz CT molecular complexity index is 683. The van der Waals surface area contributed by atoms with Gasteiger partial charge in [-0.1, -0.05) is 29.9 Å². The van der Waals surface area contributed by atoms with Gasteiger partial charge in [-0.15, -0.1) is 0 Å². The monoisotopic (exact) mass is 246 g/mol. The first-order chi connectivity index (χ1) is 7.99. The van der Waals surface area contributed by atoms with E-state index in [1.165, 1.54) is 0 Å². The molecule has 0 radical (unpaired) electrons. The van der Waals surface area contributed by atoms with Gasteiger partial charge in [-0.05, 0) is 31.5 Å². The van der Waals surface area contributed by atoms with Crippen molar-refractivity contribution < 1.29 is 0 Å². The van der Waals surface area contributed by atoms with Gasteiger partial charge in [0, 0.05) is 12.6 Å². The molecule has 3 nitrogen and oxygen atoms in total. The molecule has 0 amide bonds. The van der Waals surface area contributed by atoms with Gasteiger partial charge in [0.1, 0.15) is 4.64 Å². The number of aromatic nitrogens is 2. The van der Waals surface area contributed by atoms with Crippen molar-refractivity contribution >= 4 is 12.2 Å². The van der Waals surface area contributed by atoms with Gasteiger partial charge in [0.2, 0.25) is 0 Å². The summed E-state index contributed by atoms with van der Waals surface area (Å²) in [5.74, 6) is 0. The second-order valence-electron chi connectivity index (χ2n) is 4.20. The molecular formula is C13H14N2OS. The first-order valence-corrected chi connectivity index (χ1v) is 5.78. The van der Waals surface area contributed by atoms with E-state index in [9.17, 15) is 4.79 Å². The lowest BCUT2D eigenvalue weighted by molar-refractivity contribution is 0.815. The zero-order chi connectivity index (χ0) is 12.6. The van der Waals surface area contributed by atoms with Crippen LogP contribution in [0.5, 0.6) is 0 Å². The van der Waals surface area contributed by atoms with Crippen LogP contribution in [0.15, 0.2) is 29.1 Å². The minimum absolute atomic E-state index is 0.187. The van der Waals surface area contributed by atoms with E-state index in [1.807, 2.05) is 19.9 Å². The van der Waals surface area contributed by atoms with Gasteiger partial charge < -0.3 is 0 Å². The highest BCUT2D eigenvalue weighted by Gasteiger charge is 2.07. The maximum atomic E-state index is 11.7. The van der Waals surface area contributed by atoms with Gasteiger partial charge in [0.05, 0.1) is 5.69 Å². The Balaban J connectivity index is 2.81. The summed E-state index contributed by atoms with van der Waals surface area (Å²) in [6.45, 7) is 4.06. The molecule has 0 spiro atoms. The second kappa shape index (κ2) is 4.30. The fourth-order valence-corrected chi connectivity index (χ4v) is 2.02. The van der Waals surface area contributed by atoms with Crippen LogP contribution in [0.3, 0.4) is 0 Å². The number of aryl methyl sites for hydroxylation is 2. The van der Waals surface area contributed by atoms with Crippen LogP contribution in [0.2, 0.25) is 0 Å². The molecule has 17 heavy (non-hydrogen) atoms. The highest BCUT2D eigenvalue weighted by molar-refractivity contribution is 7.71. The number of H-pyrrole nitrogens is 1. The summed E-state index contributed by atoms with van der Waals surface area (Å²) < 4.78 is 2.04. The lowest BCUT2D eigenvalue weighted by atomic mass is 10.0. The highest BCUT2D eigenvalue weighted by Crippen LogP contribution is 2.22. The van der Waals surface area contributed by atoms with Crippen LogP contribution in [0.4, 0.5) is 0 Å². The first kappa shape index (κ1) is 11.8. The number of hydrogen-bond acceptors (Lipinski definition) is 2. The van der Waals surface area contributed by atoms with Crippen molar-refractivity contribution in [2.75, 3.05) is 0 Å². The van der Waals surface area contributed by atoms with Crippen molar-refractivity contribution in [3.63, 3.8) is 0 Å². The molecule has 0 bridgehead atoms. The van der Waals surface area contributed by atoms with E-state index in [-0.39, 0.29) is 5.69 Å². The van der Waals surface area contributed by atoms with Crippen molar-refractivity contribution in [2.45, 2.75) is 13.8 Å². The predicted octanol–water partition coefficient (Wildman–Crippen LogP) is 2.73. The Kier molecular flexibility index (Phi) is 2.98. The van der Waals surface area contributed by atoms with Crippen molar-refractivity contribution in [1.82, 2.24) is 9.55 Å². The van der Waals surface area contributed by atoms with E-state index in [2.05, 4.69) is 23.2 Å². The fourth-order valence-electron chi connectivity index (χ4n) is 1.83. The normalized spacial score (nSPS) is 10.5. The third-order valence-corrected chi connectivity index (χ3v) is 3.05. The SMILES string of the molecule is Cc1ccc(C)c(-c2cc(=S)[nH]c(=O)n2C)c1. The van der Waals surface area contributed by atoms with Gasteiger partial charge in [-0.2, -0.15) is 0 Å². The zero-order valence-corrected chi connectivity index (χ0v) is 10.9. The Labute approximate surface area is 105 Å². The quantitative estimate of drug-likeness (QED) is 0.786. The second-order valence-corrected chi connectivity index (χ2v) is 4.64. The van der Waals surface area contributed by atoms with Crippen molar-refractivity contribution in [1.29, 1.82) is 0 Å². The summed E-state index contributed by atoms with van der Waals surface area (Å²) in [5, 5.41) is 0. The van der Waals surface area contributed by atoms with Crippen LogP contribution < -0.4 is 5.69 Å². The van der Waals surface area contributed by atoms with E-state index in [1.54, 1.807) is 11.6 Å². The average molecular weight is 246 g/mol. The molecule has 2 aromatic rings. The number of nitrogens with one attached hydrogen (secondary N) is 1. The van der Waals surface area contributed by atoms with Crippen LogP contribution >= 0.6 is 12.2 Å². The molecule has 88 valence electrons. The van der Waals surface area contributed by atoms with Crippen LogP contribution in [0.25, 0.3) is 11.3 Å². The minimum atomic E-state index is -0.187. The average Bonchev–Trinajstić information content (AvgIpc) is 2.27. The van der Waals surface area contributed by atoms with Crippen LogP contribution in [0.1, 0.15) is 11.1 Å². The molecule has 0 unspecified atom stereocenters. The molecule has 0 aliphatic heterocycles. The summed E-state index contributed by atoms with van der Waals surface area (Å²) in [6, 6.07) is 7.99. The molecule has 0 fully saturated rings. The van der Waals surface area contributed by atoms with Crippen LogP contribution in [0, 0.1) is 18.5 Å². The summed E-state index contributed by atoms with van der Waals surface area (Å²) in [4.78, 5) is 14.3. The van der Waals surface area contributed by atoms with Crippen LogP contribution in [-0.2, 0) is 7.05 Å². The van der Waals surface area contributed by atoms with E-state index in [0.29, 0.717) is 4.64 Å². The lowest BCUT2D eigenvalue weighted by Gasteiger charge is -2.11. The summed E-state index contributed by atoms with van der Waals surface area (Å²) in [5.41, 5.74) is 4.00. The standard InChI is InChI=1S/C13H14N2OS/c1-8-4-5-9(2)10(6-8)11-7-12(17)14-13(16)15(11)3/h4-7H,1-3H3,(H,14,16,17). The number of aromatic amines is 1. The summed E-state index contributed by atoms with van der Waals surface area (Å²) in [6.07, 6.45) is 0. The van der Waals surface area contributed by atoms with Gasteiger partial charge in [-0.25, -0.2) is 4.79 Å². The zero-order valence-electron chi connectivity index (χ0n) is 10.1. The summed E-state index contributed by atoms with van der Waals surface area (Å²) >= 11 is 5.05. The molecule has 1 aromatic carbocycles. The van der Waals surface area contributed by atoms with Gasteiger partial charge >= 0.3 is 5.69 Å². The molecule has 0 aliphatic rings. The fraction of sp³-hybridized carbons (Fsp3) is 0.231. The summed E-state index contributed by atoms with van der Waals surface area (Å²) in [7, 11) is 1.74. The third-order valence-electron chi connectivity index (χ3n) is 2.83. The molecule has 1 aromatic heterocycles. The number of hydrogen-bond donors (Lipinski definition) is 1. The Morgan fingerprint density at radius 1 is 1.24 bits per heavy atom. The van der Waals surface area contributed by atoms with E-state index >= 15 is 0 Å². The van der Waals surface area contributed by atoms with Crippen LogP contribution in [-0.4, -0.2) is 9.55 Å². The van der Waals surface area contributed by atoms with E-state index in [4.69, 9.17) is 12.2 Å².